The van der Waals surface area contributed by atoms with E-state index in [0.29, 0.717) is 11.6 Å². The molecule has 21 heavy (non-hydrogen) atoms. The van der Waals surface area contributed by atoms with Crippen molar-refractivity contribution in [1.29, 1.82) is 0 Å². The zero-order chi connectivity index (χ0) is 15.0. The van der Waals surface area contributed by atoms with Gasteiger partial charge in [-0.15, -0.1) is 11.8 Å². The number of carbonyl (C=O) groups is 1. The first kappa shape index (κ1) is 13.6. The van der Waals surface area contributed by atoms with Crippen LogP contribution in [0.5, 0.6) is 0 Å². The van der Waals surface area contributed by atoms with Crippen molar-refractivity contribution in [3.63, 3.8) is 0 Å². The summed E-state index contributed by atoms with van der Waals surface area (Å²) in [6, 6.07) is 6.40. The number of H-pyrrole nitrogens is 1. The minimum Gasteiger partial charge on any atom is -0.308 e. The highest BCUT2D eigenvalue weighted by Crippen LogP contribution is 2.42. The highest BCUT2D eigenvalue weighted by molar-refractivity contribution is 8.00. The Hall–Kier alpha value is -2.35. The molecule has 2 heterocycles. The van der Waals surface area contributed by atoms with Crippen molar-refractivity contribution < 1.29 is 9.72 Å². The van der Waals surface area contributed by atoms with Crippen LogP contribution in [0.1, 0.15) is 22.1 Å². The fourth-order valence-electron chi connectivity index (χ4n) is 2.30. The van der Waals surface area contributed by atoms with Crippen molar-refractivity contribution in [2.24, 2.45) is 0 Å². The Morgan fingerprint density at radius 2 is 2.10 bits per heavy atom. The molecule has 0 saturated carbocycles. The first-order chi connectivity index (χ1) is 10.1. The Morgan fingerprint density at radius 3 is 2.76 bits per heavy atom. The molecular weight excluding hydrogens is 292 g/mol. The normalized spacial score (nSPS) is 17.8. The van der Waals surface area contributed by atoms with Crippen LogP contribution in [0.3, 0.4) is 0 Å². The minimum absolute atomic E-state index is 0.0516. The Balaban J connectivity index is 2.03. The van der Waals surface area contributed by atoms with E-state index >= 15 is 0 Å². The number of aromatic nitrogens is 2. The van der Waals surface area contributed by atoms with E-state index in [-0.39, 0.29) is 16.8 Å². The number of amides is 1. The van der Waals surface area contributed by atoms with Gasteiger partial charge in [-0.25, -0.2) is 0 Å². The maximum Gasteiger partial charge on any atom is 0.269 e. The number of nitro groups is 1. The van der Waals surface area contributed by atoms with E-state index in [2.05, 4.69) is 15.5 Å². The summed E-state index contributed by atoms with van der Waals surface area (Å²) in [4.78, 5) is 22.0. The van der Waals surface area contributed by atoms with Crippen molar-refractivity contribution in [2.75, 3.05) is 11.1 Å². The average Bonchev–Trinajstić information content (AvgIpc) is 2.72. The van der Waals surface area contributed by atoms with Crippen LogP contribution >= 0.6 is 11.8 Å². The highest BCUT2D eigenvalue weighted by atomic mass is 32.2. The summed E-state index contributed by atoms with van der Waals surface area (Å²) in [6.07, 6.45) is 0. The molecule has 3 rings (SSSR count). The molecule has 0 fully saturated rings. The lowest BCUT2D eigenvalue weighted by atomic mass is 10.0. The molecule has 1 unspecified atom stereocenters. The van der Waals surface area contributed by atoms with Crippen LogP contribution < -0.4 is 5.32 Å². The van der Waals surface area contributed by atoms with E-state index in [9.17, 15) is 14.9 Å². The summed E-state index contributed by atoms with van der Waals surface area (Å²) in [7, 11) is 0. The molecule has 1 aliphatic heterocycles. The highest BCUT2D eigenvalue weighted by Gasteiger charge is 2.28. The van der Waals surface area contributed by atoms with Crippen LogP contribution in [-0.4, -0.2) is 26.8 Å². The number of aromatic amines is 1. The SMILES string of the molecule is Cc1[nH]nc2c1C(c1ccc([N+](=O)[O-])cc1)SCC(=O)N2. The van der Waals surface area contributed by atoms with Gasteiger partial charge in [0.15, 0.2) is 5.82 Å². The van der Waals surface area contributed by atoms with Gasteiger partial charge in [0.1, 0.15) is 0 Å². The van der Waals surface area contributed by atoms with E-state index in [1.54, 1.807) is 12.1 Å². The van der Waals surface area contributed by atoms with Gasteiger partial charge in [0, 0.05) is 23.4 Å². The van der Waals surface area contributed by atoms with Gasteiger partial charge in [-0.3, -0.25) is 20.0 Å². The maximum atomic E-state index is 11.7. The van der Waals surface area contributed by atoms with E-state index < -0.39 is 4.92 Å². The summed E-state index contributed by atoms with van der Waals surface area (Å²) >= 11 is 1.48. The predicted molar refractivity (Wildman–Crippen MR) is 79.4 cm³/mol. The van der Waals surface area contributed by atoms with E-state index in [1.807, 2.05) is 6.92 Å². The van der Waals surface area contributed by atoms with Crippen molar-refractivity contribution in [1.82, 2.24) is 10.2 Å². The fraction of sp³-hybridized carbons (Fsp3) is 0.231. The van der Waals surface area contributed by atoms with Crippen LogP contribution in [0.4, 0.5) is 11.5 Å². The van der Waals surface area contributed by atoms with Gasteiger partial charge >= 0.3 is 0 Å². The Labute approximate surface area is 124 Å². The summed E-state index contributed by atoms with van der Waals surface area (Å²) < 4.78 is 0. The van der Waals surface area contributed by atoms with Crippen molar-refractivity contribution in [3.8, 4) is 0 Å². The third-order valence-electron chi connectivity index (χ3n) is 3.30. The van der Waals surface area contributed by atoms with Gasteiger partial charge in [0.25, 0.3) is 5.69 Å². The molecule has 1 amide bonds. The number of nitrogens with zero attached hydrogens (tertiary/aromatic N) is 2. The first-order valence-corrected chi connectivity index (χ1v) is 7.32. The number of nitro benzene ring substituents is 1. The molecule has 0 saturated heterocycles. The van der Waals surface area contributed by atoms with Gasteiger partial charge < -0.3 is 5.32 Å². The molecular formula is C13H12N4O3S. The largest absolute Gasteiger partial charge is 0.308 e. The third kappa shape index (κ3) is 2.49. The number of fused-ring (bicyclic) bond motifs is 1. The molecule has 0 bridgehead atoms. The smallest absolute Gasteiger partial charge is 0.269 e. The standard InChI is InChI=1S/C13H12N4O3S/c1-7-11-12(8-2-4-9(5-3-8)17(19)20)21-6-10(18)14-13(11)16-15-7/h2-5,12H,6H2,1H3,(H2,14,15,16,18). The number of anilines is 1. The number of non-ortho nitro benzene ring substituents is 1. The van der Waals surface area contributed by atoms with Crippen molar-refractivity contribution in [2.45, 2.75) is 12.2 Å². The van der Waals surface area contributed by atoms with E-state index in [1.165, 1.54) is 23.9 Å². The van der Waals surface area contributed by atoms with E-state index in [0.717, 1.165) is 16.8 Å². The molecule has 108 valence electrons. The molecule has 0 spiro atoms. The second kappa shape index (κ2) is 5.21. The van der Waals surface area contributed by atoms with Crippen molar-refractivity contribution in [3.05, 3.63) is 51.2 Å². The molecule has 8 heteroatoms. The second-order valence-electron chi connectivity index (χ2n) is 4.70. The van der Waals surface area contributed by atoms with Crippen molar-refractivity contribution >= 4 is 29.2 Å². The van der Waals surface area contributed by atoms with Crippen LogP contribution in [0.2, 0.25) is 0 Å². The van der Waals surface area contributed by atoms with Crippen LogP contribution in [0.25, 0.3) is 0 Å². The molecule has 2 aromatic rings. The number of rotatable bonds is 2. The molecule has 0 aliphatic carbocycles. The van der Waals surface area contributed by atoms with E-state index in [4.69, 9.17) is 0 Å². The number of benzene rings is 1. The topological polar surface area (TPSA) is 101 Å². The molecule has 1 aliphatic rings. The number of hydrogen-bond acceptors (Lipinski definition) is 5. The third-order valence-corrected chi connectivity index (χ3v) is 4.57. The Kier molecular flexibility index (Phi) is 3.38. The Bertz CT molecular complexity index is 711. The lowest BCUT2D eigenvalue weighted by molar-refractivity contribution is -0.384. The molecule has 1 aromatic carbocycles. The van der Waals surface area contributed by atoms with Gasteiger partial charge in [-0.05, 0) is 12.5 Å². The summed E-state index contributed by atoms with van der Waals surface area (Å²) in [5, 5.41) is 20.4. The number of nitrogens with one attached hydrogen (secondary N) is 2. The molecule has 7 nitrogen and oxygen atoms in total. The molecule has 1 atom stereocenters. The zero-order valence-electron chi connectivity index (χ0n) is 11.1. The van der Waals surface area contributed by atoms with Gasteiger partial charge in [-0.2, -0.15) is 5.10 Å². The lowest BCUT2D eigenvalue weighted by Crippen LogP contribution is -2.12. The fourth-order valence-corrected chi connectivity index (χ4v) is 3.49. The summed E-state index contributed by atoms with van der Waals surface area (Å²) in [5.41, 5.74) is 2.76. The van der Waals surface area contributed by atoms with Crippen LogP contribution in [-0.2, 0) is 4.79 Å². The number of carbonyl (C=O) groups excluding carboxylic acids is 1. The predicted octanol–water partition coefficient (Wildman–Crippen LogP) is 2.40. The minimum atomic E-state index is -0.427. The molecule has 2 N–H and O–H groups in total. The lowest BCUT2D eigenvalue weighted by Gasteiger charge is -2.14. The van der Waals surface area contributed by atoms with Gasteiger partial charge in [0.05, 0.1) is 15.9 Å². The summed E-state index contributed by atoms with van der Waals surface area (Å²) in [5.74, 6) is 0.750. The Morgan fingerprint density at radius 1 is 1.38 bits per heavy atom. The molecule has 1 aromatic heterocycles. The average molecular weight is 304 g/mol. The maximum absolute atomic E-state index is 11.7. The summed E-state index contributed by atoms with van der Waals surface area (Å²) in [6.45, 7) is 1.89. The van der Waals surface area contributed by atoms with Crippen LogP contribution in [0, 0.1) is 17.0 Å². The number of hydrogen-bond donors (Lipinski definition) is 2. The number of thioether (sulfide) groups is 1. The van der Waals surface area contributed by atoms with Crippen LogP contribution in [0.15, 0.2) is 24.3 Å². The molecule has 0 radical (unpaired) electrons. The van der Waals surface area contributed by atoms with Gasteiger partial charge in [-0.1, -0.05) is 12.1 Å². The quantitative estimate of drug-likeness (QED) is 0.655. The monoisotopic (exact) mass is 304 g/mol. The second-order valence-corrected chi connectivity index (χ2v) is 5.79. The first-order valence-electron chi connectivity index (χ1n) is 6.27. The van der Waals surface area contributed by atoms with Gasteiger partial charge in [0.2, 0.25) is 5.91 Å². The number of aryl methyl sites for hydroxylation is 1. The zero-order valence-corrected chi connectivity index (χ0v) is 11.9.